The number of nitrogens with one attached hydrogen (secondary N) is 1. The Morgan fingerprint density at radius 2 is 1.85 bits per heavy atom. The second-order valence-electron chi connectivity index (χ2n) is 5.37. The van der Waals surface area contributed by atoms with Crippen LogP contribution in [0.5, 0.6) is 0 Å². The van der Waals surface area contributed by atoms with Crippen LogP contribution >= 0.6 is 0 Å². The maximum Gasteiger partial charge on any atom is 0.322 e. The topological polar surface area (TPSA) is 69.6 Å². The Labute approximate surface area is 118 Å². The Morgan fingerprint density at radius 1 is 1.25 bits per heavy atom. The van der Waals surface area contributed by atoms with E-state index in [-0.39, 0.29) is 25.0 Å². The number of carbonyl (C=O) groups excluding carboxylic acids is 1. The molecule has 1 fully saturated rings. The lowest BCUT2D eigenvalue weighted by Gasteiger charge is -2.22. The van der Waals surface area contributed by atoms with Gasteiger partial charge in [-0.15, -0.1) is 0 Å². The summed E-state index contributed by atoms with van der Waals surface area (Å²) in [4.78, 5) is 24.5. The molecule has 2 rings (SSSR count). The summed E-state index contributed by atoms with van der Waals surface area (Å²) in [5.41, 5.74) is 2.93. The molecule has 108 valence electrons. The molecular weight excluding hydrogens is 256 g/mol. The van der Waals surface area contributed by atoms with Crippen molar-refractivity contribution in [1.82, 2.24) is 4.90 Å². The largest absolute Gasteiger partial charge is 0.481 e. The van der Waals surface area contributed by atoms with Crippen molar-refractivity contribution in [2.75, 3.05) is 11.9 Å². The summed E-state index contributed by atoms with van der Waals surface area (Å²) in [7, 11) is 0. The van der Waals surface area contributed by atoms with Crippen molar-refractivity contribution >= 4 is 17.7 Å². The van der Waals surface area contributed by atoms with E-state index in [0.717, 1.165) is 29.7 Å². The molecule has 1 saturated carbocycles. The van der Waals surface area contributed by atoms with Gasteiger partial charge in [-0.05, 0) is 49.9 Å². The number of anilines is 1. The molecule has 1 aliphatic rings. The van der Waals surface area contributed by atoms with Gasteiger partial charge >= 0.3 is 12.0 Å². The molecule has 2 amide bonds. The number of aliphatic carboxylic acids is 1. The van der Waals surface area contributed by atoms with Crippen LogP contribution in [0.1, 0.15) is 30.4 Å². The predicted molar refractivity (Wildman–Crippen MR) is 76.9 cm³/mol. The highest BCUT2D eigenvalue weighted by atomic mass is 16.4. The summed E-state index contributed by atoms with van der Waals surface area (Å²) >= 11 is 0. The second kappa shape index (κ2) is 5.94. The first-order valence-corrected chi connectivity index (χ1v) is 6.83. The minimum atomic E-state index is -0.880. The molecular formula is C15H20N2O3. The van der Waals surface area contributed by atoms with Crippen LogP contribution in [0.4, 0.5) is 10.5 Å². The molecule has 0 bridgehead atoms. The lowest BCUT2D eigenvalue weighted by molar-refractivity contribution is -0.137. The van der Waals surface area contributed by atoms with Crippen molar-refractivity contribution in [3.8, 4) is 0 Å². The highest BCUT2D eigenvalue weighted by molar-refractivity contribution is 5.90. The lowest BCUT2D eigenvalue weighted by atomic mass is 10.1. The van der Waals surface area contributed by atoms with Gasteiger partial charge in [-0.3, -0.25) is 4.79 Å². The van der Waals surface area contributed by atoms with E-state index in [0.29, 0.717) is 0 Å². The fourth-order valence-corrected chi connectivity index (χ4v) is 2.29. The molecule has 0 aromatic heterocycles. The summed E-state index contributed by atoms with van der Waals surface area (Å²) in [5.74, 6) is -0.880. The molecule has 0 unspecified atom stereocenters. The van der Waals surface area contributed by atoms with E-state index in [1.165, 1.54) is 0 Å². The van der Waals surface area contributed by atoms with Crippen LogP contribution in [0.15, 0.2) is 18.2 Å². The Morgan fingerprint density at radius 3 is 2.35 bits per heavy atom. The number of aryl methyl sites for hydroxylation is 2. The zero-order valence-electron chi connectivity index (χ0n) is 11.8. The first-order valence-electron chi connectivity index (χ1n) is 6.83. The van der Waals surface area contributed by atoms with Gasteiger partial charge in [0.05, 0.1) is 6.42 Å². The van der Waals surface area contributed by atoms with Gasteiger partial charge in [0.25, 0.3) is 0 Å². The van der Waals surface area contributed by atoms with E-state index in [4.69, 9.17) is 5.11 Å². The number of rotatable bonds is 5. The first-order chi connectivity index (χ1) is 9.45. The Balaban J connectivity index is 2.02. The van der Waals surface area contributed by atoms with Gasteiger partial charge < -0.3 is 15.3 Å². The molecule has 20 heavy (non-hydrogen) atoms. The second-order valence-corrected chi connectivity index (χ2v) is 5.37. The maximum atomic E-state index is 12.3. The average Bonchev–Trinajstić information content (AvgIpc) is 3.11. The molecule has 0 heterocycles. The van der Waals surface area contributed by atoms with Crippen molar-refractivity contribution < 1.29 is 14.7 Å². The molecule has 1 aromatic carbocycles. The fourth-order valence-electron chi connectivity index (χ4n) is 2.29. The van der Waals surface area contributed by atoms with Gasteiger partial charge in [0.2, 0.25) is 0 Å². The minimum absolute atomic E-state index is 0.0171. The lowest BCUT2D eigenvalue weighted by Crippen LogP contribution is -2.38. The molecule has 0 saturated heterocycles. The van der Waals surface area contributed by atoms with Crippen LogP contribution in [-0.2, 0) is 4.79 Å². The third kappa shape index (κ3) is 3.98. The smallest absolute Gasteiger partial charge is 0.322 e. The minimum Gasteiger partial charge on any atom is -0.481 e. The summed E-state index contributed by atoms with van der Waals surface area (Å²) in [5, 5.41) is 11.6. The molecule has 5 nitrogen and oxygen atoms in total. The number of hydrogen-bond donors (Lipinski definition) is 2. The van der Waals surface area contributed by atoms with E-state index < -0.39 is 5.97 Å². The molecule has 0 aliphatic heterocycles. The number of urea groups is 1. The molecule has 0 atom stereocenters. The standard InChI is InChI=1S/C15H20N2O3/c1-10-7-11(2)9-12(8-10)16-15(20)17(13-3-4-13)6-5-14(18)19/h7-9,13H,3-6H2,1-2H3,(H,16,20)(H,18,19). The quantitative estimate of drug-likeness (QED) is 0.868. The average molecular weight is 276 g/mol. The number of benzene rings is 1. The Hall–Kier alpha value is -2.04. The summed E-state index contributed by atoms with van der Waals surface area (Å²) < 4.78 is 0. The van der Waals surface area contributed by atoms with Gasteiger partial charge in [0.15, 0.2) is 0 Å². The Kier molecular flexibility index (Phi) is 4.27. The Bertz CT molecular complexity index is 504. The van der Waals surface area contributed by atoms with Gasteiger partial charge in [-0.1, -0.05) is 6.07 Å². The van der Waals surface area contributed by atoms with Crippen LogP contribution in [0.25, 0.3) is 0 Å². The highest BCUT2D eigenvalue weighted by Crippen LogP contribution is 2.27. The molecule has 0 radical (unpaired) electrons. The van der Waals surface area contributed by atoms with Gasteiger partial charge in [-0.25, -0.2) is 4.79 Å². The summed E-state index contributed by atoms with van der Waals surface area (Å²) in [6.45, 7) is 4.22. The van der Waals surface area contributed by atoms with Crippen LogP contribution in [0, 0.1) is 13.8 Å². The van der Waals surface area contributed by atoms with Crippen molar-refractivity contribution in [3.63, 3.8) is 0 Å². The van der Waals surface area contributed by atoms with Gasteiger partial charge in [0, 0.05) is 18.3 Å². The third-order valence-corrected chi connectivity index (χ3v) is 3.29. The van der Waals surface area contributed by atoms with E-state index in [2.05, 4.69) is 5.32 Å². The molecule has 0 spiro atoms. The number of carboxylic acids is 1. The van der Waals surface area contributed by atoms with Gasteiger partial charge in [0.1, 0.15) is 0 Å². The number of amides is 2. The van der Waals surface area contributed by atoms with E-state index in [1.54, 1.807) is 4.90 Å². The van der Waals surface area contributed by atoms with Gasteiger partial charge in [-0.2, -0.15) is 0 Å². The number of carbonyl (C=O) groups is 2. The zero-order valence-corrected chi connectivity index (χ0v) is 11.8. The normalized spacial score (nSPS) is 13.9. The zero-order chi connectivity index (χ0) is 14.7. The van der Waals surface area contributed by atoms with Crippen molar-refractivity contribution in [1.29, 1.82) is 0 Å². The fraction of sp³-hybridized carbons (Fsp3) is 0.467. The number of nitrogens with zero attached hydrogens (tertiary/aromatic N) is 1. The SMILES string of the molecule is Cc1cc(C)cc(NC(=O)N(CCC(=O)O)C2CC2)c1. The summed E-state index contributed by atoms with van der Waals surface area (Å²) in [6.07, 6.45) is 1.90. The van der Waals surface area contributed by atoms with Crippen molar-refractivity contribution in [3.05, 3.63) is 29.3 Å². The van der Waals surface area contributed by atoms with Crippen LogP contribution < -0.4 is 5.32 Å². The molecule has 1 aliphatic carbocycles. The first kappa shape index (κ1) is 14.4. The van der Waals surface area contributed by atoms with Crippen molar-refractivity contribution in [2.24, 2.45) is 0 Å². The van der Waals surface area contributed by atoms with Crippen LogP contribution in [0.3, 0.4) is 0 Å². The number of hydrogen-bond acceptors (Lipinski definition) is 2. The molecule has 5 heteroatoms. The van der Waals surface area contributed by atoms with E-state index in [9.17, 15) is 9.59 Å². The van der Waals surface area contributed by atoms with E-state index in [1.807, 2.05) is 32.0 Å². The van der Waals surface area contributed by atoms with Crippen LogP contribution in [0.2, 0.25) is 0 Å². The van der Waals surface area contributed by atoms with Crippen LogP contribution in [-0.4, -0.2) is 34.6 Å². The molecule has 2 N–H and O–H groups in total. The number of carboxylic acid groups (broad SMARTS) is 1. The highest BCUT2D eigenvalue weighted by Gasteiger charge is 2.32. The maximum absolute atomic E-state index is 12.3. The summed E-state index contributed by atoms with van der Waals surface area (Å²) in [6, 6.07) is 5.85. The monoisotopic (exact) mass is 276 g/mol. The van der Waals surface area contributed by atoms with E-state index >= 15 is 0 Å². The predicted octanol–water partition coefficient (Wildman–Crippen LogP) is 2.77. The third-order valence-electron chi connectivity index (χ3n) is 3.29. The molecule has 1 aromatic rings. The van der Waals surface area contributed by atoms with Crippen molar-refractivity contribution in [2.45, 2.75) is 39.2 Å².